The van der Waals surface area contributed by atoms with Gasteiger partial charge in [-0.3, -0.25) is 4.79 Å². The molecule has 1 fully saturated rings. The SMILES string of the molecule is CC(C)CCNC(=O)C1CCCN1S(=O)(=O)c1ccc(C(=O)O)o1. The Bertz CT molecular complexity index is 709. The molecule has 2 heterocycles. The largest absolute Gasteiger partial charge is 0.475 e. The van der Waals surface area contributed by atoms with Crippen molar-refractivity contribution >= 4 is 21.9 Å². The zero-order valence-corrected chi connectivity index (χ0v) is 14.5. The van der Waals surface area contributed by atoms with Crippen LogP contribution in [0.2, 0.25) is 0 Å². The lowest BCUT2D eigenvalue weighted by Crippen LogP contribution is -2.46. The molecule has 0 spiro atoms. The Kier molecular flexibility index (Phi) is 5.66. The number of nitrogens with one attached hydrogen (secondary N) is 1. The first-order chi connectivity index (χ1) is 11.2. The third kappa shape index (κ3) is 3.96. The molecule has 1 amide bonds. The predicted molar refractivity (Wildman–Crippen MR) is 85.0 cm³/mol. The molecule has 0 aliphatic carbocycles. The van der Waals surface area contributed by atoms with Crippen molar-refractivity contribution in [1.82, 2.24) is 9.62 Å². The van der Waals surface area contributed by atoms with Gasteiger partial charge in [-0.2, -0.15) is 4.31 Å². The Hall–Kier alpha value is -1.87. The fraction of sp³-hybridized carbons (Fsp3) is 0.600. The number of nitrogens with zero attached hydrogens (tertiary/aromatic N) is 1. The minimum Gasteiger partial charge on any atom is -0.475 e. The molecule has 1 aliphatic rings. The maximum absolute atomic E-state index is 12.6. The number of hydrogen-bond donors (Lipinski definition) is 2. The van der Waals surface area contributed by atoms with Crippen LogP contribution >= 0.6 is 0 Å². The fourth-order valence-electron chi connectivity index (χ4n) is 2.58. The average molecular weight is 358 g/mol. The van der Waals surface area contributed by atoms with Crippen LogP contribution in [-0.2, 0) is 14.8 Å². The van der Waals surface area contributed by atoms with Gasteiger partial charge in [-0.05, 0) is 37.3 Å². The van der Waals surface area contributed by atoms with Crippen molar-refractivity contribution in [1.29, 1.82) is 0 Å². The van der Waals surface area contributed by atoms with Gasteiger partial charge in [-0.1, -0.05) is 13.8 Å². The van der Waals surface area contributed by atoms with Gasteiger partial charge >= 0.3 is 5.97 Å². The molecule has 1 saturated heterocycles. The van der Waals surface area contributed by atoms with Gasteiger partial charge in [0.25, 0.3) is 10.0 Å². The predicted octanol–water partition coefficient (Wildman–Crippen LogP) is 1.29. The molecule has 0 bridgehead atoms. The lowest BCUT2D eigenvalue weighted by molar-refractivity contribution is -0.124. The first kappa shape index (κ1) is 18.5. The minimum atomic E-state index is -4.04. The van der Waals surface area contributed by atoms with E-state index >= 15 is 0 Å². The molecule has 2 rings (SSSR count). The number of sulfonamides is 1. The zero-order chi connectivity index (χ0) is 17.9. The number of carbonyl (C=O) groups excluding carboxylic acids is 1. The highest BCUT2D eigenvalue weighted by Gasteiger charge is 2.41. The van der Waals surface area contributed by atoms with Gasteiger partial charge in [0.2, 0.25) is 16.8 Å². The van der Waals surface area contributed by atoms with E-state index in [0.29, 0.717) is 25.3 Å². The molecule has 0 aromatic carbocycles. The molecule has 134 valence electrons. The molecular weight excluding hydrogens is 336 g/mol. The maximum Gasteiger partial charge on any atom is 0.371 e. The van der Waals surface area contributed by atoms with Crippen molar-refractivity contribution < 1.29 is 27.5 Å². The Labute approximate surface area is 140 Å². The van der Waals surface area contributed by atoms with Crippen LogP contribution in [0.5, 0.6) is 0 Å². The van der Waals surface area contributed by atoms with Crippen LogP contribution in [0.25, 0.3) is 0 Å². The van der Waals surface area contributed by atoms with Crippen molar-refractivity contribution in [3.05, 3.63) is 17.9 Å². The van der Waals surface area contributed by atoms with Crippen molar-refractivity contribution in [2.75, 3.05) is 13.1 Å². The molecule has 9 heteroatoms. The second-order valence-corrected chi connectivity index (χ2v) is 7.99. The van der Waals surface area contributed by atoms with E-state index in [-0.39, 0.29) is 12.5 Å². The smallest absolute Gasteiger partial charge is 0.371 e. The summed E-state index contributed by atoms with van der Waals surface area (Å²) in [5.41, 5.74) is 0. The van der Waals surface area contributed by atoms with Gasteiger partial charge in [0.1, 0.15) is 6.04 Å². The molecule has 0 radical (unpaired) electrons. The van der Waals surface area contributed by atoms with E-state index in [2.05, 4.69) is 5.32 Å². The van der Waals surface area contributed by atoms with Gasteiger partial charge in [-0.25, -0.2) is 13.2 Å². The number of carbonyl (C=O) groups is 2. The van der Waals surface area contributed by atoms with E-state index in [1.807, 2.05) is 13.8 Å². The van der Waals surface area contributed by atoms with Crippen molar-refractivity contribution in [2.24, 2.45) is 5.92 Å². The fourth-order valence-corrected chi connectivity index (χ4v) is 4.15. The molecular formula is C15H22N2O6S. The van der Waals surface area contributed by atoms with Crippen LogP contribution in [0.1, 0.15) is 43.7 Å². The first-order valence-corrected chi connectivity index (χ1v) is 9.30. The topological polar surface area (TPSA) is 117 Å². The molecule has 24 heavy (non-hydrogen) atoms. The number of aromatic carboxylic acids is 1. The molecule has 1 aliphatic heterocycles. The van der Waals surface area contributed by atoms with Crippen LogP contribution in [0, 0.1) is 5.92 Å². The monoisotopic (exact) mass is 358 g/mol. The molecule has 2 N–H and O–H groups in total. The quantitative estimate of drug-likeness (QED) is 0.758. The van der Waals surface area contributed by atoms with Crippen molar-refractivity contribution in [2.45, 2.75) is 44.2 Å². The second-order valence-electron chi connectivity index (χ2n) is 6.17. The molecule has 1 aromatic rings. The van der Waals surface area contributed by atoms with Crippen LogP contribution < -0.4 is 5.32 Å². The number of furan rings is 1. The summed E-state index contributed by atoms with van der Waals surface area (Å²) in [7, 11) is -4.04. The van der Waals surface area contributed by atoms with E-state index < -0.39 is 32.9 Å². The first-order valence-electron chi connectivity index (χ1n) is 7.86. The van der Waals surface area contributed by atoms with Gasteiger partial charge in [0, 0.05) is 13.1 Å². The summed E-state index contributed by atoms with van der Waals surface area (Å²) < 4.78 is 31.2. The summed E-state index contributed by atoms with van der Waals surface area (Å²) in [6.45, 7) is 4.77. The third-order valence-corrected chi connectivity index (χ3v) is 5.66. The highest BCUT2D eigenvalue weighted by Crippen LogP contribution is 2.27. The lowest BCUT2D eigenvalue weighted by Gasteiger charge is -2.22. The van der Waals surface area contributed by atoms with Gasteiger partial charge in [0.15, 0.2) is 0 Å². The minimum absolute atomic E-state index is 0.202. The molecule has 8 nitrogen and oxygen atoms in total. The van der Waals surface area contributed by atoms with E-state index in [1.165, 1.54) is 0 Å². The lowest BCUT2D eigenvalue weighted by atomic mass is 10.1. The molecule has 0 saturated carbocycles. The zero-order valence-electron chi connectivity index (χ0n) is 13.7. The van der Waals surface area contributed by atoms with Crippen LogP contribution in [0.4, 0.5) is 0 Å². The normalized spacial score (nSPS) is 18.9. The summed E-state index contributed by atoms with van der Waals surface area (Å²) in [6, 6.07) is 1.40. The Morgan fingerprint density at radius 1 is 1.42 bits per heavy atom. The second kappa shape index (κ2) is 7.35. The van der Waals surface area contributed by atoms with Gasteiger partial charge < -0.3 is 14.8 Å². The summed E-state index contributed by atoms with van der Waals surface area (Å²) in [5, 5.41) is 11.2. The number of carboxylic acid groups (broad SMARTS) is 1. The Morgan fingerprint density at radius 3 is 2.71 bits per heavy atom. The van der Waals surface area contributed by atoms with E-state index in [0.717, 1.165) is 22.9 Å². The summed E-state index contributed by atoms with van der Waals surface area (Å²) in [4.78, 5) is 23.1. The van der Waals surface area contributed by atoms with Crippen LogP contribution in [0.15, 0.2) is 21.6 Å². The highest BCUT2D eigenvalue weighted by molar-refractivity contribution is 7.89. The van der Waals surface area contributed by atoms with Crippen LogP contribution in [-0.4, -0.2) is 48.8 Å². The summed E-state index contributed by atoms with van der Waals surface area (Å²) in [6.07, 6.45) is 1.80. The van der Waals surface area contributed by atoms with Crippen LogP contribution in [0.3, 0.4) is 0 Å². The molecule has 1 unspecified atom stereocenters. The van der Waals surface area contributed by atoms with E-state index in [4.69, 9.17) is 9.52 Å². The highest BCUT2D eigenvalue weighted by atomic mass is 32.2. The van der Waals surface area contributed by atoms with Crippen molar-refractivity contribution in [3.63, 3.8) is 0 Å². The standard InChI is InChI=1S/C15H22N2O6S/c1-10(2)7-8-16-14(18)11-4-3-9-17(11)24(21,22)13-6-5-12(23-13)15(19)20/h5-6,10-11H,3-4,7-9H2,1-2H3,(H,16,18)(H,19,20). The summed E-state index contributed by atoms with van der Waals surface area (Å²) in [5.74, 6) is -1.69. The number of hydrogen-bond acceptors (Lipinski definition) is 5. The van der Waals surface area contributed by atoms with E-state index in [9.17, 15) is 18.0 Å². The molecule has 1 aromatic heterocycles. The van der Waals surface area contributed by atoms with Crippen molar-refractivity contribution in [3.8, 4) is 0 Å². The molecule has 1 atom stereocenters. The number of carboxylic acids is 1. The van der Waals surface area contributed by atoms with E-state index in [1.54, 1.807) is 0 Å². The van der Waals surface area contributed by atoms with Gasteiger partial charge in [-0.15, -0.1) is 0 Å². The number of amides is 1. The summed E-state index contributed by atoms with van der Waals surface area (Å²) >= 11 is 0. The maximum atomic E-state index is 12.6. The Morgan fingerprint density at radius 2 is 2.12 bits per heavy atom. The third-order valence-electron chi connectivity index (χ3n) is 3.88. The van der Waals surface area contributed by atoms with Gasteiger partial charge in [0.05, 0.1) is 0 Å². The average Bonchev–Trinajstić information content (AvgIpc) is 3.16. The number of rotatable bonds is 7. The Balaban J connectivity index is 2.13.